The van der Waals surface area contributed by atoms with Crippen molar-refractivity contribution in [1.29, 1.82) is 0 Å². The number of methoxy groups -OCH3 is 1. The van der Waals surface area contributed by atoms with Gasteiger partial charge in [0, 0.05) is 5.41 Å². The van der Waals surface area contributed by atoms with Gasteiger partial charge >= 0.3 is 5.97 Å². The minimum atomic E-state index is -0.495. The molecule has 0 saturated heterocycles. The Morgan fingerprint density at radius 3 is 2.58 bits per heavy atom. The minimum absolute atomic E-state index is 0.235. The van der Waals surface area contributed by atoms with Gasteiger partial charge in [-0.25, -0.2) is 0 Å². The van der Waals surface area contributed by atoms with Crippen LogP contribution in [0.15, 0.2) is 24.3 Å². The summed E-state index contributed by atoms with van der Waals surface area (Å²) in [6.45, 7) is 3.90. The molecule has 1 aliphatic carbocycles. The Hall–Kier alpha value is -1.35. The van der Waals surface area contributed by atoms with Gasteiger partial charge in [0.15, 0.2) is 0 Å². The Morgan fingerprint density at radius 2 is 1.95 bits per heavy atom. The van der Waals surface area contributed by atoms with E-state index in [1.807, 2.05) is 26.0 Å². The molecule has 1 aromatic carbocycles. The average Bonchev–Trinajstić information content (AvgIpc) is 2.40. The van der Waals surface area contributed by atoms with Crippen LogP contribution in [-0.4, -0.2) is 24.3 Å². The van der Waals surface area contributed by atoms with Crippen molar-refractivity contribution in [2.45, 2.75) is 39.2 Å². The van der Waals surface area contributed by atoms with Crippen molar-refractivity contribution in [1.82, 2.24) is 0 Å². The lowest BCUT2D eigenvalue weighted by atomic mass is 9.68. The first kappa shape index (κ1) is 14.1. The molecule has 3 heteroatoms. The van der Waals surface area contributed by atoms with Crippen molar-refractivity contribution in [2.75, 3.05) is 7.11 Å². The van der Waals surface area contributed by atoms with Crippen molar-refractivity contribution in [3.8, 4) is 0 Å². The summed E-state index contributed by atoms with van der Waals surface area (Å²) in [6.07, 6.45) is 1.67. The Labute approximate surface area is 114 Å². The van der Waals surface area contributed by atoms with E-state index in [4.69, 9.17) is 4.74 Å². The molecule has 3 nitrogen and oxygen atoms in total. The predicted molar refractivity (Wildman–Crippen MR) is 73.8 cm³/mol. The van der Waals surface area contributed by atoms with Crippen molar-refractivity contribution in [3.05, 3.63) is 35.4 Å². The number of rotatable bonds is 1. The van der Waals surface area contributed by atoms with Crippen LogP contribution in [0, 0.1) is 11.3 Å². The highest BCUT2D eigenvalue weighted by atomic mass is 16.5. The number of hydrogen-bond donors (Lipinski definition) is 1. The molecule has 1 aromatic rings. The quantitative estimate of drug-likeness (QED) is 0.790. The largest absolute Gasteiger partial charge is 0.469 e. The predicted octanol–water partition coefficient (Wildman–Crippen LogP) is 2.35. The smallest absolute Gasteiger partial charge is 0.309 e. The first-order chi connectivity index (χ1) is 8.96. The first-order valence-electron chi connectivity index (χ1n) is 6.79. The maximum atomic E-state index is 12.1. The van der Waals surface area contributed by atoms with Crippen LogP contribution in [0.5, 0.6) is 0 Å². The van der Waals surface area contributed by atoms with Gasteiger partial charge in [0.05, 0.1) is 19.1 Å². The molecule has 0 amide bonds. The molecule has 19 heavy (non-hydrogen) atoms. The highest BCUT2D eigenvalue weighted by molar-refractivity contribution is 5.74. The Bertz CT molecular complexity index is 465. The number of benzene rings is 1. The van der Waals surface area contributed by atoms with E-state index in [1.165, 1.54) is 18.2 Å². The molecular weight excluding hydrogens is 240 g/mol. The third kappa shape index (κ3) is 2.66. The molecule has 0 bridgehead atoms. The zero-order chi connectivity index (χ0) is 14.0. The summed E-state index contributed by atoms with van der Waals surface area (Å²) < 4.78 is 4.93. The lowest BCUT2D eigenvalue weighted by Crippen LogP contribution is -2.43. The van der Waals surface area contributed by atoms with E-state index < -0.39 is 11.5 Å². The maximum absolute atomic E-state index is 12.1. The lowest BCUT2D eigenvalue weighted by molar-refractivity contribution is -0.153. The van der Waals surface area contributed by atoms with Crippen LogP contribution in [0.1, 0.15) is 31.4 Å². The van der Waals surface area contributed by atoms with Gasteiger partial charge in [-0.2, -0.15) is 0 Å². The van der Waals surface area contributed by atoms with Crippen molar-refractivity contribution >= 4 is 5.97 Å². The van der Waals surface area contributed by atoms with Gasteiger partial charge in [0.2, 0.25) is 0 Å². The molecule has 1 aliphatic rings. The first-order valence-corrected chi connectivity index (χ1v) is 6.79. The molecule has 104 valence electrons. The fraction of sp³-hybridized carbons (Fsp3) is 0.562. The second-order valence-electron chi connectivity index (χ2n) is 5.92. The summed E-state index contributed by atoms with van der Waals surface area (Å²) in [5.74, 6) is -0.547. The van der Waals surface area contributed by atoms with Gasteiger partial charge in [-0.3, -0.25) is 4.79 Å². The van der Waals surface area contributed by atoms with Crippen LogP contribution in [0.4, 0.5) is 0 Å². The monoisotopic (exact) mass is 262 g/mol. The third-order valence-electron chi connectivity index (χ3n) is 4.47. The summed E-state index contributed by atoms with van der Waals surface area (Å²) >= 11 is 0. The van der Waals surface area contributed by atoms with Gasteiger partial charge < -0.3 is 9.84 Å². The summed E-state index contributed by atoms with van der Waals surface area (Å²) in [4.78, 5) is 12.1. The Kier molecular flexibility index (Phi) is 3.95. The van der Waals surface area contributed by atoms with Crippen LogP contribution >= 0.6 is 0 Å². The normalized spacial score (nSPS) is 25.9. The second kappa shape index (κ2) is 5.33. The number of esters is 1. The van der Waals surface area contributed by atoms with Gasteiger partial charge in [-0.05, 0) is 30.4 Å². The van der Waals surface area contributed by atoms with E-state index in [-0.39, 0.29) is 11.9 Å². The standard InChI is InChI=1S/C16H22O3/c1-16(2)13(15(18)19-3)10-12-7-5-4-6-11(12)8-9-14(16)17/h4-7,13-14,17H,8-10H2,1-3H3/t13-,14+/m0/s1. The molecule has 1 N–H and O–H groups in total. The minimum Gasteiger partial charge on any atom is -0.469 e. The average molecular weight is 262 g/mol. The summed E-state index contributed by atoms with van der Waals surface area (Å²) in [7, 11) is 1.41. The highest BCUT2D eigenvalue weighted by Crippen LogP contribution is 2.38. The summed E-state index contributed by atoms with van der Waals surface area (Å²) in [5, 5.41) is 10.4. The molecule has 0 fully saturated rings. The van der Waals surface area contributed by atoms with Crippen molar-refractivity contribution < 1.29 is 14.6 Å². The maximum Gasteiger partial charge on any atom is 0.309 e. The molecule has 2 rings (SSSR count). The van der Waals surface area contributed by atoms with Gasteiger partial charge in [0.1, 0.15) is 0 Å². The van der Waals surface area contributed by atoms with E-state index in [9.17, 15) is 9.90 Å². The van der Waals surface area contributed by atoms with E-state index in [0.29, 0.717) is 12.8 Å². The van der Waals surface area contributed by atoms with E-state index >= 15 is 0 Å². The van der Waals surface area contributed by atoms with Gasteiger partial charge in [-0.15, -0.1) is 0 Å². The van der Waals surface area contributed by atoms with Crippen LogP contribution in [0.3, 0.4) is 0 Å². The number of hydrogen-bond acceptors (Lipinski definition) is 3. The van der Waals surface area contributed by atoms with Crippen molar-refractivity contribution in [3.63, 3.8) is 0 Å². The molecule has 2 atom stereocenters. The van der Waals surface area contributed by atoms with Crippen molar-refractivity contribution in [2.24, 2.45) is 11.3 Å². The number of aliphatic hydroxyl groups is 1. The molecule has 0 aliphatic heterocycles. The Balaban J connectivity index is 2.42. The van der Waals surface area contributed by atoms with E-state index in [2.05, 4.69) is 12.1 Å². The molecule has 0 unspecified atom stereocenters. The topological polar surface area (TPSA) is 46.5 Å². The van der Waals surface area contributed by atoms with Crippen LogP contribution in [-0.2, 0) is 22.4 Å². The molecule has 0 spiro atoms. The number of carbonyl (C=O) groups is 1. The fourth-order valence-corrected chi connectivity index (χ4v) is 2.91. The SMILES string of the molecule is COC(=O)[C@@H]1Cc2ccccc2CC[C@@H](O)C1(C)C. The molecule has 0 aromatic heterocycles. The number of ether oxygens (including phenoxy) is 1. The zero-order valence-electron chi connectivity index (χ0n) is 11.8. The Morgan fingerprint density at radius 1 is 1.32 bits per heavy atom. The number of carbonyl (C=O) groups excluding carboxylic acids is 1. The third-order valence-corrected chi connectivity index (χ3v) is 4.47. The molecule has 0 radical (unpaired) electrons. The zero-order valence-corrected chi connectivity index (χ0v) is 11.8. The van der Waals surface area contributed by atoms with Gasteiger partial charge in [-0.1, -0.05) is 38.1 Å². The summed E-state index contributed by atoms with van der Waals surface area (Å²) in [5.41, 5.74) is 1.95. The molecular formula is C16H22O3. The van der Waals surface area contributed by atoms with Crippen LogP contribution in [0.25, 0.3) is 0 Å². The number of aryl methyl sites for hydroxylation is 1. The molecule has 0 heterocycles. The fourth-order valence-electron chi connectivity index (χ4n) is 2.91. The van der Waals surface area contributed by atoms with E-state index in [0.717, 1.165) is 6.42 Å². The highest BCUT2D eigenvalue weighted by Gasteiger charge is 2.42. The van der Waals surface area contributed by atoms with Crippen LogP contribution < -0.4 is 0 Å². The molecule has 0 saturated carbocycles. The second-order valence-corrected chi connectivity index (χ2v) is 5.92. The lowest BCUT2D eigenvalue weighted by Gasteiger charge is -2.39. The number of fused-ring (bicyclic) bond motifs is 1. The van der Waals surface area contributed by atoms with E-state index in [1.54, 1.807) is 0 Å². The van der Waals surface area contributed by atoms with Gasteiger partial charge in [0.25, 0.3) is 0 Å². The summed E-state index contributed by atoms with van der Waals surface area (Å²) in [6, 6.07) is 8.15. The number of aliphatic hydroxyl groups excluding tert-OH is 1. The van der Waals surface area contributed by atoms with Crippen LogP contribution in [0.2, 0.25) is 0 Å².